The van der Waals surface area contributed by atoms with Crippen LogP contribution in [0.5, 0.6) is 0 Å². The Morgan fingerprint density at radius 1 is 1.45 bits per heavy atom. The van der Waals surface area contributed by atoms with Crippen molar-refractivity contribution in [2.75, 3.05) is 6.54 Å². The van der Waals surface area contributed by atoms with Crippen molar-refractivity contribution in [3.8, 4) is 0 Å². The van der Waals surface area contributed by atoms with Crippen LogP contribution < -0.4 is 5.73 Å². The Hall–Kier alpha value is -1.80. The molecule has 22 heavy (non-hydrogen) atoms. The second-order valence-corrected chi connectivity index (χ2v) is 4.52. The van der Waals surface area contributed by atoms with Crippen LogP contribution in [0.3, 0.4) is 0 Å². The molecule has 9 heteroatoms. The van der Waals surface area contributed by atoms with Crippen molar-refractivity contribution in [1.82, 2.24) is 9.55 Å². The van der Waals surface area contributed by atoms with Gasteiger partial charge in [0.05, 0.1) is 5.56 Å². The summed E-state index contributed by atoms with van der Waals surface area (Å²) in [5, 5.41) is 9.53. The van der Waals surface area contributed by atoms with Gasteiger partial charge in [-0.2, -0.15) is 13.2 Å². The maximum Gasteiger partial charge on any atom is 0.417 e. The van der Waals surface area contributed by atoms with E-state index < -0.39 is 17.7 Å². The molecule has 0 aliphatic carbocycles. The average Bonchev–Trinajstić information content (AvgIpc) is 2.71. The number of alkyl halides is 3. The molecule has 0 amide bonds. The first-order chi connectivity index (χ1) is 9.81. The first kappa shape index (κ1) is 18.2. The minimum Gasteiger partial charge on any atom is -0.477 e. The average molecular weight is 338 g/mol. The Kier molecular flexibility index (Phi) is 5.42. The first-order valence-electron chi connectivity index (χ1n) is 6.32. The van der Waals surface area contributed by atoms with Crippen LogP contribution in [0.1, 0.15) is 28.5 Å². The number of fused-ring (bicyclic) bond motifs is 1. The number of nitrogens with zero attached hydrogens (tertiary/aromatic N) is 2. The zero-order valence-electron chi connectivity index (χ0n) is 11.6. The fourth-order valence-electron chi connectivity index (χ4n) is 2.40. The van der Waals surface area contributed by atoms with Crippen molar-refractivity contribution >= 4 is 29.4 Å². The van der Waals surface area contributed by atoms with Crippen LogP contribution >= 0.6 is 12.4 Å². The van der Waals surface area contributed by atoms with Crippen molar-refractivity contribution in [3.05, 3.63) is 29.1 Å². The molecule has 0 spiro atoms. The summed E-state index contributed by atoms with van der Waals surface area (Å²) in [6.45, 7) is 2.03. The van der Waals surface area contributed by atoms with Gasteiger partial charge in [-0.05, 0) is 18.1 Å². The van der Waals surface area contributed by atoms with Crippen molar-refractivity contribution in [1.29, 1.82) is 0 Å². The fourth-order valence-corrected chi connectivity index (χ4v) is 2.40. The van der Waals surface area contributed by atoms with E-state index in [0.29, 0.717) is 18.2 Å². The van der Waals surface area contributed by atoms with E-state index in [4.69, 9.17) is 5.73 Å². The van der Waals surface area contributed by atoms with Gasteiger partial charge in [0.15, 0.2) is 0 Å². The van der Waals surface area contributed by atoms with Gasteiger partial charge in [-0.1, -0.05) is 6.92 Å². The number of hydrogen-bond donors (Lipinski definition) is 2. The van der Waals surface area contributed by atoms with Gasteiger partial charge in [0.1, 0.15) is 11.3 Å². The summed E-state index contributed by atoms with van der Waals surface area (Å²) in [6.07, 6.45) is -3.52. The van der Waals surface area contributed by atoms with E-state index in [9.17, 15) is 23.1 Å². The molecule has 0 bridgehead atoms. The van der Waals surface area contributed by atoms with Gasteiger partial charge in [0, 0.05) is 24.7 Å². The fraction of sp³-hybridized carbons (Fsp3) is 0.385. The number of carboxylic acid groups (broad SMARTS) is 1. The summed E-state index contributed by atoms with van der Waals surface area (Å²) in [4.78, 5) is 15.2. The lowest BCUT2D eigenvalue weighted by molar-refractivity contribution is -0.137. The molecule has 0 aromatic carbocycles. The minimum atomic E-state index is -4.52. The highest BCUT2D eigenvalue weighted by Crippen LogP contribution is 2.33. The molecular formula is C13H15ClF3N3O2. The molecule has 2 rings (SSSR count). The lowest BCUT2D eigenvalue weighted by Gasteiger charge is -2.07. The number of nitrogens with two attached hydrogens (primary N) is 1. The predicted molar refractivity (Wildman–Crippen MR) is 77.4 cm³/mol. The highest BCUT2D eigenvalue weighted by Gasteiger charge is 2.32. The van der Waals surface area contributed by atoms with Gasteiger partial charge in [-0.15, -0.1) is 12.4 Å². The monoisotopic (exact) mass is 337 g/mol. The highest BCUT2D eigenvalue weighted by atomic mass is 35.5. The predicted octanol–water partition coefficient (Wildman–Crippen LogP) is 2.70. The number of carboxylic acids is 1. The van der Waals surface area contributed by atoms with Crippen molar-refractivity contribution < 1.29 is 23.1 Å². The maximum atomic E-state index is 12.8. The van der Waals surface area contributed by atoms with Gasteiger partial charge in [-0.3, -0.25) is 0 Å². The third-order valence-corrected chi connectivity index (χ3v) is 3.24. The summed E-state index contributed by atoms with van der Waals surface area (Å²) in [5.41, 5.74) is 5.05. The van der Waals surface area contributed by atoms with E-state index in [-0.39, 0.29) is 42.2 Å². The Morgan fingerprint density at radius 2 is 2.09 bits per heavy atom. The highest BCUT2D eigenvalue weighted by molar-refractivity contribution is 5.97. The maximum absolute atomic E-state index is 12.8. The standard InChI is InChI=1S/C13H14F3N3O2.ClH/c1-2-8-9-5-7(13(14,15)16)6-18-11(9)19(4-3-17)10(8)12(20)21;/h5-6H,2-4,17H2,1H3,(H,20,21);1H. The number of aromatic nitrogens is 2. The van der Waals surface area contributed by atoms with Crippen LogP contribution in [0.25, 0.3) is 11.0 Å². The summed E-state index contributed by atoms with van der Waals surface area (Å²) in [7, 11) is 0. The van der Waals surface area contributed by atoms with Crippen molar-refractivity contribution in [3.63, 3.8) is 0 Å². The molecular weight excluding hydrogens is 323 g/mol. The summed E-state index contributed by atoms with van der Waals surface area (Å²) < 4.78 is 39.7. The van der Waals surface area contributed by atoms with Crippen LogP contribution in [-0.2, 0) is 19.1 Å². The topological polar surface area (TPSA) is 81.1 Å². The minimum absolute atomic E-state index is 0. The molecule has 0 fully saturated rings. The van der Waals surface area contributed by atoms with Gasteiger partial charge < -0.3 is 15.4 Å². The Morgan fingerprint density at radius 3 is 2.55 bits per heavy atom. The molecule has 2 aromatic heterocycles. The summed E-state index contributed by atoms with van der Waals surface area (Å²) >= 11 is 0. The molecule has 5 nitrogen and oxygen atoms in total. The summed E-state index contributed by atoms with van der Waals surface area (Å²) in [5.74, 6) is -1.20. The van der Waals surface area contributed by atoms with E-state index in [2.05, 4.69) is 4.98 Å². The molecule has 2 aromatic rings. The molecule has 0 atom stereocenters. The lowest BCUT2D eigenvalue weighted by atomic mass is 10.1. The van der Waals surface area contributed by atoms with Crippen LogP contribution in [0.15, 0.2) is 12.3 Å². The molecule has 2 heterocycles. The summed E-state index contributed by atoms with van der Waals surface area (Å²) in [6, 6.07) is 0.945. The number of halogens is 4. The zero-order valence-corrected chi connectivity index (χ0v) is 12.5. The normalized spacial score (nSPS) is 11.5. The third kappa shape index (κ3) is 3.02. The number of pyridine rings is 1. The Balaban J connectivity index is 0.00000242. The van der Waals surface area contributed by atoms with Crippen molar-refractivity contribution in [2.45, 2.75) is 26.1 Å². The number of aryl methyl sites for hydroxylation is 1. The molecule has 0 unspecified atom stereocenters. The molecule has 122 valence electrons. The van der Waals surface area contributed by atoms with E-state index in [1.54, 1.807) is 6.92 Å². The Labute approximate surface area is 130 Å². The molecule has 0 saturated carbocycles. The smallest absolute Gasteiger partial charge is 0.417 e. The van der Waals surface area contributed by atoms with Crippen LogP contribution in [0, 0.1) is 0 Å². The van der Waals surface area contributed by atoms with Gasteiger partial charge >= 0.3 is 12.1 Å². The van der Waals surface area contributed by atoms with Gasteiger partial charge in [-0.25, -0.2) is 9.78 Å². The SMILES string of the molecule is CCc1c(C(=O)O)n(CCN)c2ncc(C(F)(F)F)cc12.Cl. The quantitative estimate of drug-likeness (QED) is 0.898. The van der Waals surface area contributed by atoms with E-state index >= 15 is 0 Å². The van der Waals surface area contributed by atoms with Crippen LogP contribution in [0.2, 0.25) is 0 Å². The van der Waals surface area contributed by atoms with Crippen molar-refractivity contribution in [2.24, 2.45) is 5.73 Å². The van der Waals surface area contributed by atoms with Crippen LogP contribution in [0.4, 0.5) is 13.2 Å². The second kappa shape index (κ2) is 6.53. The first-order valence-corrected chi connectivity index (χ1v) is 6.32. The van der Waals surface area contributed by atoms with E-state index in [1.165, 1.54) is 4.57 Å². The molecule has 0 aliphatic rings. The van der Waals surface area contributed by atoms with E-state index in [1.807, 2.05) is 0 Å². The molecule has 0 radical (unpaired) electrons. The van der Waals surface area contributed by atoms with Crippen LogP contribution in [-0.4, -0.2) is 27.2 Å². The number of rotatable bonds is 4. The number of carbonyl (C=O) groups is 1. The number of aromatic carboxylic acids is 1. The number of hydrogen-bond acceptors (Lipinski definition) is 3. The van der Waals surface area contributed by atoms with E-state index in [0.717, 1.165) is 6.07 Å². The second-order valence-electron chi connectivity index (χ2n) is 4.52. The largest absolute Gasteiger partial charge is 0.477 e. The molecule has 3 N–H and O–H groups in total. The molecule has 0 saturated heterocycles. The van der Waals surface area contributed by atoms with Gasteiger partial charge in [0.25, 0.3) is 0 Å². The lowest BCUT2D eigenvalue weighted by Crippen LogP contribution is -2.16. The molecule has 0 aliphatic heterocycles. The third-order valence-electron chi connectivity index (χ3n) is 3.24. The zero-order chi connectivity index (χ0) is 15.8. The van der Waals surface area contributed by atoms with Gasteiger partial charge in [0.2, 0.25) is 0 Å². The Bertz CT molecular complexity index is 698.